The first-order valence-corrected chi connectivity index (χ1v) is 11.2. The van der Waals surface area contributed by atoms with Crippen LogP contribution >= 0.6 is 11.6 Å². The maximum absolute atomic E-state index is 12.6. The van der Waals surface area contributed by atoms with Gasteiger partial charge in [-0.25, -0.2) is 19.6 Å². The standard InChI is InChI=1S/C23H23ClN4O5/c1-23(5-6-23)33-22(29)28-9-14-11-30-12-15(10-28)21(14)32-20-8-19(26-13-27-20)31-18-4-3-16(25-2)7-17(18)24/h3-4,7-8,13-15,21H,5-6,9-12H2,1H3. The van der Waals surface area contributed by atoms with Crippen LogP contribution in [0, 0.1) is 18.4 Å². The normalized spacial score (nSPS) is 25.0. The fraction of sp³-hybridized carbons (Fsp3) is 0.478. The van der Waals surface area contributed by atoms with E-state index in [1.165, 1.54) is 12.4 Å². The van der Waals surface area contributed by atoms with E-state index in [1.54, 1.807) is 23.1 Å². The average molecular weight is 471 g/mol. The second kappa shape index (κ2) is 8.69. The van der Waals surface area contributed by atoms with Crippen LogP contribution in [0.4, 0.5) is 10.5 Å². The Labute approximate surface area is 196 Å². The Balaban J connectivity index is 1.26. The van der Waals surface area contributed by atoms with Crippen LogP contribution in [-0.4, -0.2) is 59.0 Å². The van der Waals surface area contributed by atoms with Crippen molar-refractivity contribution in [1.82, 2.24) is 14.9 Å². The first-order valence-electron chi connectivity index (χ1n) is 10.8. The van der Waals surface area contributed by atoms with Crippen LogP contribution in [-0.2, 0) is 9.47 Å². The van der Waals surface area contributed by atoms with E-state index < -0.39 is 0 Å². The number of rotatable bonds is 5. The number of ether oxygens (including phenoxy) is 4. The lowest BCUT2D eigenvalue weighted by Gasteiger charge is -2.46. The molecule has 0 spiro atoms. The molecule has 3 heterocycles. The number of halogens is 1. The fourth-order valence-corrected chi connectivity index (χ4v) is 4.34. The summed E-state index contributed by atoms with van der Waals surface area (Å²) >= 11 is 6.20. The highest BCUT2D eigenvalue weighted by Crippen LogP contribution is 2.40. The van der Waals surface area contributed by atoms with E-state index in [0.717, 1.165) is 12.8 Å². The van der Waals surface area contributed by atoms with E-state index in [9.17, 15) is 4.79 Å². The largest absolute Gasteiger partial charge is 0.473 e. The summed E-state index contributed by atoms with van der Waals surface area (Å²) in [6.07, 6.45) is 2.79. The van der Waals surface area contributed by atoms with Gasteiger partial charge in [0.05, 0.1) is 30.9 Å². The molecule has 10 heteroatoms. The summed E-state index contributed by atoms with van der Waals surface area (Å²) in [7, 11) is 0. The van der Waals surface area contributed by atoms with Crippen molar-refractivity contribution in [3.63, 3.8) is 0 Å². The van der Waals surface area contributed by atoms with Gasteiger partial charge in [-0.2, -0.15) is 0 Å². The summed E-state index contributed by atoms with van der Waals surface area (Å²) in [6.45, 7) is 11.0. The lowest BCUT2D eigenvalue weighted by Crippen LogP contribution is -2.59. The van der Waals surface area contributed by atoms with Gasteiger partial charge in [0.15, 0.2) is 5.69 Å². The Kier molecular flexibility index (Phi) is 5.72. The summed E-state index contributed by atoms with van der Waals surface area (Å²) in [4.78, 5) is 26.1. The topological polar surface area (TPSA) is 87.4 Å². The number of hydrogen-bond acceptors (Lipinski definition) is 7. The van der Waals surface area contributed by atoms with Gasteiger partial charge in [0.25, 0.3) is 0 Å². The van der Waals surface area contributed by atoms with Crippen molar-refractivity contribution >= 4 is 23.4 Å². The third kappa shape index (κ3) is 4.82. The molecule has 1 saturated carbocycles. The van der Waals surface area contributed by atoms with Crippen molar-refractivity contribution in [2.45, 2.75) is 31.5 Å². The van der Waals surface area contributed by atoms with Gasteiger partial charge in [-0.15, -0.1) is 0 Å². The molecule has 33 heavy (non-hydrogen) atoms. The number of fused-ring (bicyclic) bond motifs is 2. The molecule has 2 saturated heterocycles. The number of amides is 1. The van der Waals surface area contributed by atoms with Gasteiger partial charge in [0.1, 0.15) is 23.8 Å². The first kappa shape index (κ1) is 21.7. The zero-order valence-corrected chi connectivity index (χ0v) is 18.8. The molecule has 1 aromatic carbocycles. The summed E-state index contributed by atoms with van der Waals surface area (Å²) in [6, 6.07) is 6.38. The van der Waals surface area contributed by atoms with Gasteiger partial charge in [-0.1, -0.05) is 17.7 Å². The van der Waals surface area contributed by atoms with E-state index in [0.29, 0.717) is 48.6 Å². The lowest BCUT2D eigenvalue weighted by atomic mass is 9.84. The Hall–Kier alpha value is -3.09. The molecule has 1 aliphatic carbocycles. The average Bonchev–Trinajstić information content (AvgIpc) is 3.51. The fourth-order valence-electron chi connectivity index (χ4n) is 4.13. The van der Waals surface area contributed by atoms with E-state index >= 15 is 0 Å². The number of likely N-dealkylation sites (tertiary alicyclic amines) is 1. The summed E-state index contributed by atoms with van der Waals surface area (Å²) < 4.78 is 23.4. The van der Waals surface area contributed by atoms with Crippen LogP contribution in [0.15, 0.2) is 30.6 Å². The van der Waals surface area contributed by atoms with Crippen LogP contribution in [0.25, 0.3) is 4.85 Å². The van der Waals surface area contributed by atoms with Crippen molar-refractivity contribution in [2.75, 3.05) is 26.3 Å². The van der Waals surface area contributed by atoms with Crippen molar-refractivity contribution in [1.29, 1.82) is 0 Å². The zero-order valence-electron chi connectivity index (χ0n) is 18.1. The van der Waals surface area contributed by atoms with Crippen molar-refractivity contribution in [3.8, 4) is 17.5 Å². The summed E-state index contributed by atoms with van der Waals surface area (Å²) in [5.41, 5.74) is 0.126. The first-order chi connectivity index (χ1) is 15.9. The Morgan fingerprint density at radius 2 is 1.94 bits per heavy atom. The number of nitrogens with zero attached hydrogens (tertiary/aromatic N) is 4. The third-order valence-corrected chi connectivity index (χ3v) is 6.48. The minimum atomic E-state index is -0.299. The number of aromatic nitrogens is 2. The molecule has 2 bridgehead atoms. The molecule has 3 fully saturated rings. The SMILES string of the molecule is [C-]#[N+]c1ccc(Oc2cc(OC3C4COCC3CN(C(=O)OC3(C)CC3)C4)ncn2)c(Cl)c1. The highest BCUT2D eigenvalue weighted by molar-refractivity contribution is 6.32. The van der Waals surface area contributed by atoms with Gasteiger partial charge in [0, 0.05) is 24.9 Å². The molecule has 1 aromatic heterocycles. The monoisotopic (exact) mass is 470 g/mol. The molecule has 0 N–H and O–H groups in total. The number of carbonyl (C=O) groups excluding carboxylic acids is 1. The molecule has 9 nitrogen and oxygen atoms in total. The molecule has 1 amide bonds. The predicted octanol–water partition coefficient (Wildman–Crippen LogP) is 4.49. The molecule has 0 radical (unpaired) electrons. The van der Waals surface area contributed by atoms with Crippen molar-refractivity contribution in [2.24, 2.45) is 11.8 Å². The van der Waals surface area contributed by atoms with E-state index in [-0.39, 0.29) is 35.5 Å². The molecule has 2 aliphatic heterocycles. The smallest absolute Gasteiger partial charge is 0.410 e. The van der Waals surface area contributed by atoms with Crippen molar-refractivity contribution in [3.05, 3.63) is 47.0 Å². The number of benzene rings is 1. The van der Waals surface area contributed by atoms with E-state index in [4.69, 9.17) is 37.1 Å². The zero-order chi connectivity index (χ0) is 23.0. The van der Waals surface area contributed by atoms with Crippen LogP contribution in [0.1, 0.15) is 19.8 Å². The Morgan fingerprint density at radius 1 is 1.21 bits per heavy atom. The highest BCUT2D eigenvalue weighted by atomic mass is 35.5. The van der Waals surface area contributed by atoms with Crippen molar-refractivity contribution < 1.29 is 23.7 Å². The third-order valence-electron chi connectivity index (χ3n) is 6.18. The molecule has 2 atom stereocenters. The molecular weight excluding hydrogens is 448 g/mol. The van der Waals surface area contributed by atoms with Gasteiger partial charge < -0.3 is 23.8 Å². The minimum absolute atomic E-state index is 0.00649. The Bertz CT molecular complexity index is 1090. The summed E-state index contributed by atoms with van der Waals surface area (Å²) in [5.74, 6) is 1.05. The van der Waals surface area contributed by atoms with Gasteiger partial charge in [-0.3, -0.25) is 0 Å². The minimum Gasteiger partial charge on any atom is -0.473 e. The molecule has 2 aromatic rings. The quantitative estimate of drug-likeness (QED) is 0.595. The maximum Gasteiger partial charge on any atom is 0.410 e. The van der Waals surface area contributed by atoms with Gasteiger partial charge >= 0.3 is 6.09 Å². The van der Waals surface area contributed by atoms with Crippen LogP contribution < -0.4 is 9.47 Å². The maximum atomic E-state index is 12.6. The second-order valence-corrected chi connectivity index (χ2v) is 9.29. The number of piperidine rings is 1. The van der Waals surface area contributed by atoms with E-state index in [2.05, 4.69) is 14.8 Å². The molecule has 3 aliphatic rings. The number of hydrogen-bond donors (Lipinski definition) is 0. The summed E-state index contributed by atoms with van der Waals surface area (Å²) in [5, 5.41) is 0.315. The van der Waals surface area contributed by atoms with Gasteiger partial charge in [-0.05, 0) is 31.9 Å². The molecule has 2 unspecified atom stereocenters. The Morgan fingerprint density at radius 3 is 2.61 bits per heavy atom. The van der Waals surface area contributed by atoms with Crippen LogP contribution in [0.3, 0.4) is 0 Å². The number of carbonyl (C=O) groups is 1. The highest BCUT2D eigenvalue weighted by Gasteiger charge is 2.47. The molecule has 172 valence electrons. The predicted molar refractivity (Wildman–Crippen MR) is 118 cm³/mol. The van der Waals surface area contributed by atoms with E-state index in [1.807, 2.05) is 6.92 Å². The second-order valence-electron chi connectivity index (χ2n) is 8.89. The van der Waals surface area contributed by atoms with Crippen LogP contribution in [0.2, 0.25) is 5.02 Å². The molecular formula is C23H23ClN4O5. The molecule has 5 rings (SSSR count). The lowest BCUT2D eigenvalue weighted by molar-refractivity contribution is -0.111. The van der Waals surface area contributed by atoms with Gasteiger partial charge in [0.2, 0.25) is 11.8 Å². The van der Waals surface area contributed by atoms with Crippen LogP contribution in [0.5, 0.6) is 17.5 Å².